The largest absolute Gasteiger partial charge is 0.497 e. The molecule has 9 nitrogen and oxygen atoms in total. The Kier molecular flexibility index (Phi) is 10.3. The molecule has 0 bridgehead atoms. The molecule has 3 rings (SSSR count). The van der Waals surface area contributed by atoms with Crippen molar-refractivity contribution < 1.29 is 19.4 Å². The summed E-state index contributed by atoms with van der Waals surface area (Å²) < 4.78 is 11.5. The molecule has 1 aromatic rings. The van der Waals surface area contributed by atoms with Gasteiger partial charge in [-0.15, -0.1) is 5.73 Å². The molecule has 0 spiro atoms. The van der Waals surface area contributed by atoms with Crippen LogP contribution in [0.1, 0.15) is 30.9 Å². The van der Waals surface area contributed by atoms with Gasteiger partial charge in [0.2, 0.25) is 5.91 Å². The molecule has 0 aromatic heterocycles. The first kappa shape index (κ1) is 29.1. The van der Waals surface area contributed by atoms with E-state index in [0.29, 0.717) is 48.5 Å². The summed E-state index contributed by atoms with van der Waals surface area (Å²) >= 11 is 0. The monoisotopic (exact) mass is 529 g/mol. The van der Waals surface area contributed by atoms with E-state index in [4.69, 9.17) is 20.3 Å². The number of nitrogens with zero attached hydrogens (tertiary/aromatic N) is 3. The Balaban J connectivity index is 1.94. The summed E-state index contributed by atoms with van der Waals surface area (Å²) in [5.74, 6) is 0.902. The van der Waals surface area contributed by atoms with E-state index < -0.39 is 6.61 Å². The first-order valence-corrected chi connectivity index (χ1v) is 12.7. The molecule has 39 heavy (non-hydrogen) atoms. The van der Waals surface area contributed by atoms with Gasteiger partial charge in [-0.3, -0.25) is 4.79 Å². The number of piperidine rings is 1. The molecule has 0 radical (unpaired) electrons. The Morgan fingerprint density at radius 1 is 1.36 bits per heavy atom. The second-order valence-electron chi connectivity index (χ2n) is 9.10. The topological polar surface area (TPSA) is 133 Å². The number of aliphatic imine (C=N–C) groups is 1. The number of allylic oxidation sites excluding steroid dienone is 6. The smallest absolute Gasteiger partial charge is 0.248 e. The maximum absolute atomic E-state index is 11.7. The summed E-state index contributed by atoms with van der Waals surface area (Å²) in [6.07, 6.45) is 9.35. The lowest BCUT2D eigenvalue weighted by molar-refractivity contribution is -0.136. The highest BCUT2D eigenvalue weighted by Crippen LogP contribution is 2.28. The highest BCUT2D eigenvalue weighted by atomic mass is 16.5. The van der Waals surface area contributed by atoms with Gasteiger partial charge >= 0.3 is 0 Å². The fourth-order valence-corrected chi connectivity index (χ4v) is 4.49. The van der Waals surface area contributed by atoms with E-state index >= 15 is 0 Å². The number of carbonyl (C=O) groups excluding carboxylic acids is 1. The molecule has 1 aliphatic carbocycles. The zero-order chi connectivity index (χ0) is 28.4. The summed E-state index contributed by atoms with van der Waals surface area (Å²) in [5.41, 5.74) is 14.2. The third-order valence-corrected chi connectivity index (χ3v) is 6.57. The minimum Gasteiger partial charge on any atom is -0.497 e. The molecule has 4 N–H and O–H groups in total. The van der Waals surface area contributed by atoms with Crippen molar-refractivity contribution in [2.45, 2.75) is 32.8 Å². The SMILES string of the molecule is CN\C(=C/C(C)=C(/N=C\N)C1=CC(C#N)=C(OC2CCN(C(=O)CO)CC2)C=C=C1)c1ccc(OC)cc1C. The van der Waals surface area contributed by atoms with Crippen LogP contribution >= 0.6 is 0 Å². The van der Waals surface area contributed by atoms with Gasteiger partial charge in [-0.1, -0.05) is 0 Å². The molecular weight excluding hydrogens is 494 g/mol. The van der Waals surface area contributed by atoms with Gasteiger partial charge in [0.05, 0.1) is 24.7 Å². The van der Waals surface area contributed by atoms with Crippen molar-refractivity contribution in [1.29, 1.82) is 5.26 Å². The fraction of sp³-hybridized carbons (Fsp3) is 0.333. The van der Waals surface area contributed by atoms with Crippen molar-refractivity contribution in [3.05, 3.63) is 87.5 Å². The van der Waals surface area contributed by atoms with E-state index in [1.807, 2.05) is 45.2 Å². The summed E-state index contributed by atoms with van der Waals surface area (Å²) in [6.45, 7) is 4.43. The summed E-state index contributed by atoms with van der Waals surface area (Å²) in [6, 6.07) is 8.10. The molecule has 0 atom stereocenters. The molecule has 1 saturated heterocycles. The van der Waals surface area contributed by atoms with Crippen molar-refractivity contribution >= 4 is 17.9 Å². The molecule has 1 aliphatic heterocycles. The number of ether oxygens (including phenoxy) is 2. The van der Waals surface area contributed by atoms with Gasteiger partial charge in [0.1, 0.15) is 30.3 Å². The number of methoxy groups -OCH3 is 1. The Morgan fingerprint density at radius 3 is 2.69 bits per heavy atom. The van der Waals surface area contributed by atoms with Gasteiger partial charge in [-0.05, 0) is 61.4 Å². The van der Waals surface area contributed by atoms with E-state index in [-0.39, 0.29) is 12.0 Å². The predicted octanol–water partition coefficient (Wildman–Crippen LogP) is 3.25. The fourth-order valence-electron chi connectivity index (χ4n) is 4.49. The number of likely N-dealkylation sites (tertiary alicyclic amines) is 1. The highest BCUT2D eigenvalue weighted by Gasteiger charge is 2.24. The first-order chi connectivity index (χ1) is 18.8. The van der Waals surface area contributed by atoms with Gasteiger partial charge < -0.3 is 30.5 Å². The standard InChI is InChI=1S/C30H35N5O4/c1-20-14-25(38-4)8-9-26(20)27(33-3)15-21(2)30(34-19-32)22-6-5-7-28(23(16-22)17-31)39-24-10-12-35(13-11-24)29(37)18-36/h6-9,14-16,19,24,33,36H,10-13,18H2,1-4H3,(H2,32,34)/b27-15-,30-21+. The second kappa shape index (κ2) is 13.9. The average molecular weight is 530 g/mol. The van der Waals surface area contributed by atoms with Crippen LogP contribution in [0.15, 0.2) is 81.4 Å². The van der Waals surface area contributed by atoms with Crippen LogP contribution in [0, 0.1) is 18.3 Å². The number of amides is 1. The van der Waals surface area contributed by atoms with E-state index in [1.54, 1.807) is 30.2 Å². The number of nitrogens with one attached hydrogen (secondary N) is 1. The summed E-state index contributed by atoms with van der Waals surface area (Å²) in [4.78, 5) is 17.8. The van der Waals surface area contributed by atoms with E-state index in [1.165, 1.54) is 6.34 Å². The molecular formula is C30H35N5O4. The lowest BCUT2D eigenvalue weighted by Crippen LogP contribution is -2.42. The molecule has 1 aromatic carbocycles. The number of nitriles is 1. The lowest BCUT2D eigenvalue weighted by Gasteiger charge is -2.32. The van der Waals surface area contributed by atoms with Crippen molar-refractivity contribution in [2.75, 3.05) is 33.9 Å². The number of aliphatic hydroxyl groups is 1. The Bertz CT molecular complexity index is 1350. The van der Waals surface area contributed by atoms with Crippen molar-refractivity contribution in [3.63, 3.8) is 0 Å². The van der Waals surface area contributed by atoms with E-state index in [2.05, 4.69) is 22.1 Å². The van der Waals surface area contributed by atoms with Crippen LogP contribution in [0.3, 0.4) is 0 Å². The van der Waals surface area contributed by atoms with Crippen LogP contribution in [-0.2, 0) is 9.53 Å². The Labute approximate surface area is 229 Å². The zero-order valence-electron chi connectivity index (χ0n) is 22.8. The van der Waals surface area contributed by atoms with Crippen LogP contribution in [0.4, 0.5) is 0 Å². The van der Waals surface area contributed by atoms with Crippen molar-refractivity contribution in [2.24, 2.45) is 10.7 Å². The van der Waals surface area contributed by atoms with Crippen LogP contribution < -0.4 is 15.8 Å². The van der Waals surface area contributed by atoms with Gasteiger partial charge in [-0.2, -0.15) is 5.26 Å². The number of hydrogen-bond acceptors (Lipinski definition) is 7. The number of benzene rings is 1. The predicted molar refractivity (Wildman–Crippen MR) is 151 cm³/mol. The Hall–Kier alpha value is -4.51. The zero-order valence-corrected chi connectivity index (χ0v) is 22.8. The van der Waals surface area contributed by atoms with Crippen molar-refractivity contribution in [3.8, 4) is 11.8 Å². The number of aliphatic hydroxyl groups excluding tert-OH is 1. The van der Waals surface area contributed by atoms with Crippen LogP contribution in [0.25, 0.3) is 5.70 Å². The van der Waals surface area contributed by atoms with E-state index in [0.717, 1.165) is 28.1 Å². The highest BCUT2D eigenvalue weighted by molar-refractivity contribution is 5.77. The average Bonchev–Trinajstić information content (AvgIpc) is 3.16. The number of carbonyl (C=O) groups is 1. The number of hydrogen-bond donors (Lipinski definition) is 3. The van der Waals surface area contributed by atoms with E-state index in [9.17, 15) is 10.1 Å². The van der Waals surface area contributed by atoms with Crippen molar-refractivity contribution in [1.82, 2.24) is 10.2 Å². The maximum atomic E-state index is 11.7. The minimum atomic E-state index is -0.498. The summed E-state index contributed by atoms with van der Waals surface area (Å²) in [5, 5.41) is 22.3. The quantitative estimate of drug-likeness (QED) is 0.194. The molecule has 0 saturated carbocycles. The molecule has 1 fully saturated rings. The molecule has 204 valence electrons. The van der Waals surface area contributed by atoms with Gasteiger partial charge in [0.15, 0.2) is 0 Å². The third-order valence-electron chi connectivity index (χ3n) is 6.57. The number of rotatable bonds is 9. The van der Waals surface area contributed by atoms with Crippen LogP contribution in [0.5, 0.6) is 5.75 Å². The molecule has 1 heterocycles. The molecule has 0 unspecified atom stereocenters. The summed E-state index contributed by atoms with van der Waals surface area (Å²) in [7, 11) is 3.49. The van der Waals surface area contributed by atoms with Crippen LogP contribution in [0.2, 0.25) is 0 Å². The van der Waals surface area contributed by atoms with Gasteiger partial charge in [-0.25, -0.2) is 4.99 Å². The van der Waals surface area contributed by atoms with Gasteiger partial charge in [0, 0.05) is 55.9 Å². The lowest BCUT2D eigenvalue weighted by atomic mass is 10.0. The number of aryl methyl sites for hydroxylation is 1. The first-order valence-electron chi connectivity index (χ1n) is 12.7. The van der Waals surface area contributed by atoms with Crippen LogP contribution in [-0.4, -0.2) is 62.2 Å². The molecule has 1 amide bonds. The number of nitrogens with two attached hydrogens (primary N) is 1. The maximum Gasteiger partial charge on any atom is 0.248 e. The second-order valence-corrected chi connectivity index (χ2v) is 9.10. The molecule has 2 aliphatic rings. The minimum absolute atomic E-state index is 0.160. The molecule has 9 heteroatoms. The third kappa shape index (κ3) is 7.29. The van der Waals surface area contributed by atoms with Gasteiger partial charge in [0.25, 0.3) is 0 Å². The normalized spacial score (nSPS) is 17.0. The Morgan fingerprint density at radius 2 is 2.10 bits per heavy atom.